The highest BCUT2D eigenvalue weighted by Crippen LogP contribution is 2.16. The second-order valence-electron chi connectivity index (χ2n) is 5.69. The minimum atomic E-state index is 0.0313. The number of carbonyl (C=O) groups is 1. The number of phenolic OH excluding ortho intramolecular Hbond substituents is 1. The second kappa shape index (κ2) is 7.01. The molecule has 0 bridgehead atoms. The van der Waals surface area contributed by atoms with Gasteiger partial charge >= 0.3 is 0 Å². The van der Waals surface area contributed by atoms with E-state index in [2.05, 4.69) is 0 Å². The fourth-order valence-corrected chi connectivity index (χ4v) is 2.68. The van der Waals surface area contributed by atoms with E-state index in [0.717, 1.165) is 16.7 Å². The van der Waals surface area contributed by atoms with E-state index < -0.39 is 0 Å². The first-order chi connectivity index (χ1) is 11.6. The van der Waals surface area contributed by atoms with Crippen molar-refractivity contribution < 1.29 is 9.90 Å². The molecule has 0 fully saturated rings. The van der Waals surface area contributed by atoms with Gasteiger partial charge in [0.15, 0.2) is 0 Å². The van der Waals surface area contributed by atoms with Gasteiger partial charge < -0.3 is 9.67 Å². The van der Waals surface area contributed by atoms with Gasteiger partial charge in [-0.15, -0.1) is 0 Å². The molecule has 0 spiro atoms. The zero-order valence-corrected chi connectivity index (χ0v) is 13.5. The topological polar surface area (TPSA) is 42.2 Å². The molecular formula is C21H19NO2. The number of hydrogen-bond donors (Lipinski definition) is 1. The van der Waals surface area contributed by atoms with Gasteiger partial charge in [0.05, 0.1) is 5.69 Å². The predicted octanol–water partition coefficient (Wildman–Crippen LogP) is 4.45. The molecule has 0 radical (unpaired) electrons. The quantitative estimate of drug-likeness (QED) is 0.707. The van der Waals surface area contributed by atoms with Crippen molar-refractivity contribution in [3.8, 4) is 5.75 Å². The van der Waals surface area contributed by atoms with Crippen molar-refractivity contribution in [3.63, 3.8) is 0 Å². The van der Waals surface area contributed by atoms with Gasteiger partial charge in [-0.3, -0.25) is 4.79 Å². The molecule has 1 heterocycles. The lowest BCUT2D eigenvalue weighted by Gasteiger charge is -2.08. The minimum Gasteiger partial charge on any atom is -0.508 e. The Labute approximate surface area is 141 Å². The van der Waals surface area contributed by atoms with Gasteiger partial charge in [0.2, 0.25) is 5.78 Å². The van der Waals surface area contributed by atoms with Crippen LogP contribution in [0.25, 0.3) is 6.08 Å². The van der Waals surface area contributed by atoms with Crippen molar-refractivity contribution in [1.29, 1.82) is 0 Å². The molecule has 0 aliphatic rings. The molecule has 3 aromatic rings. The van der Waals surface area contributed by atoms with Crippen molar-refractivity contribution in [2.45, 2.75) is 13.5 Å². The average molecular weight is 317 g/mol. The first kappa shape index (κ1) is 15.8. The van der Waals surface area contributed by atoms with E-state index in [0.29, 0.717) is 12.2 Å². The third-order valence-electron chi connectivity index (χ3n) is 3.93. The van der Waals surface area contributed by atoms with Crippen LogP contribution in [0.1, 0.15) is 27.2 Å². The van der Waals surface area contributed by atoms with Gasteiger partial charge in [0.1, 0.15) is 5.75 Å². The highest BCUT2D eigenvalue weighted by Gasteiger charge is 2.14. The number of aromatic nitrogens is 1. The number of aryl methyl sites for hydroxylation is 1. The van der Waals surface area contributed by atoms with Crippen molar-refractivity contribution in [2.75, 3.05) is 0 Å². The molecule has 3 heteroatoms. The monoisotopic (exact) mass is 317 g/mol. The molecule has 0 aliphatic heterocycles. The Balaban J connectivity index is 1.78. The standard InChI is InChI=1S/C21H19NO2/c1-16-7-2-3-11-19(16)21(24)20-12-6-14-22(20)13-5-9-17-8-4-10-18(23)15-17/h2-12,14-15,23H,13H2,1H3/b9-5+. The number of allylic oxidation sites excluding steroid dienone is 1. The van der Waals surface area contributed by atoms with Crippen LogP contribution in [0.5, 0.6) is 5.75 Å². The number of phenols is 1. The third kappa shape index (κ3) is 3.46. The number of hydrogen-bond acceptors (Lipinski definition) is 2. The first-order valence-electron chi connectivity index (χ1n) is 7.86. The van der Waals surface area contributed by atoms with Crippen LogP contribution in [0.15, 0.2) is 72.9 Å². The van der Waals surface area contributed by atoms with Crippen LogP contribution in [0.2, 0.25) is 0 Å². The van der Waals surface area contributed by atoms with E-state index in [1.54, 1.807) is 18.2 Å². The van der Waals surface area contributed by atoms with Crippen molar-refractivity contribution in [3.05, 3.63) is 95.3 Å². The maximum Gasteiger partial charge on any atom is 0.209 e. The Kier molecular flexibility index (Phi) is 4.62. The van der Waals surface area contributed by atoms with Crippen LogP contribution in [0.3, 0.4) is 0 Å². The van der Waals surface area contributed by atoms with E-state index in [9.17, 15) is 9.90 Å². The Hall–Kier alpha value is -3.07. The lowest BCUT2D eigenvalue weighted by atomic mass is 10.0. The second-order valence-corrected chi connectivity index (χ2v) is 5.69. The van der Waals surface area contributed by atoms with Crippen LogP contribution in [0.4, 0.5) is 0 Å². The SMILES string of the molecule is Cc1ccccc1C(=O)c1cccn1C/C=C/c1cccc(O)c1. The van der Waals surface area contributed by atoms with E-state index in [1.165, 1.54) is 0 Å². The number of rotatable bonds is 5. The Morgan fingerprint density at radius 1 is 1.08 bits per heavy atom. The summed E-state index contributed by atoms with van der Waals surface area (Å²) in [5, 5.41) is 9.48. The molecule has 3 rings (SSSR count). The van der Waals surface area contributed by atoms with E-state index in [1.807, 2.05) is 72.3 Å². The lowest BCUT2D eigenvalue weighted by Crippen LogP contribution is -2.10. The molecule has 0 atom stereocenters. The van der Waals surface area contributed by atoms with Gasteiger partial charge in [-0.25, -0.2) is 0 Å². The maximum absolute atomic E-state index is 12.7. The molecule has 3 nitrogen and oxygen atoms in total. The fraction of sp³-hybridized carbons (Fsp3) is 0.0952. The van der Waals surface area contributed by atoms with Crippen LogP contribution in [0, 0.1) is 6.92 Å². The summed E-state index contributed by atoms with van der Waals surface area (Å²) in [6, 6.07) is 18.4. The number of nitrogens with zero attached hydrogens (tertiary/aromatic N) is 1. The zero-order valence-electron chi connectivity index (χ0n) is 13.5. The first-order valence-corrected chi connectivity index (χ1v) is 7.86. The van der Waals surface area contributed by atoms with Crippen LogP contribution < -0.4 is 0 Å². The largest absolute Gasteiger partial charge is 0.508 e. The number of aromatic hydroxyl groups is 1. The van der Waals surface area contributed by atoms with E-state index in [4.69, 9.17) is 0 Å². The van der Waals surface area contributed by atoms with Crippen molar-refractivity contribution >= 4 is 11.9 Å². The number of ketones is 1. The molecule has 0 aliphatic carbocycles. The van der Waals surface area contributed by atoms with Gasteiger partial charge in [0, 0.05) is 18.3 Å². The summed E-state index contributed by atoms with van der Waals surface area (Å²) in [6.07, 6.45) is 5.81. The molecule has 2 aromatic carbocycles. The lowest BCUT2D eigenvalue weighted by molar-refractivity contribution is 0.103. The molecule has 0 saturated carbocycles. The molecule has 0 amide bonds. The molecule has 1 aromatic heterocycles. The van der Waals surface area contributed by atoms with E-state index >= 15 is 0 Å². The molecular weight excluding hydrogens is 298 g/mol. The van der Waals surface area contributed by atoms with Crippen LogP contribution >= 0.6 is 0 Å². The summed E-state index contributed by atoms with van der Waals surface area (Å²) < 4.78 is 1.92. The smallest absolute Gasteiger partial charge is 0.209 e. The van der Waals surface area contributed by atoms with Gasteiger partial charge in [-0.05, 0) is 42.3 Å². The van der Waals surface area contributed by atoms with Crippen molar-refractivity contribution in [1.82, 2.24) is 4.57 Å². The highest BCUT2D eigenvalue weighted by molar-refractivity contribution is 6.08. The molecule has 120 valence electrons. The van der Waals surface area contributed by atoms with Crippen LogP contribution in [-0.2, 0) is 6.54 Å². The molecule has 0 unspecified atom stereocenters. The Morgan fingerprint density at radius 3 is 2.71 bits per heavy atom. The summed E-state index contributed by atoms with van der Waals surface area (Å²) >= 11 is 0. The van der Waals surface area contributed by atoms with Gasteiger partial charge in [-0.1, -0.05) is 48.6 Å². The Morgan fingerprint density at radius 2 is 1.92 bits per heavy atom. The Bertz CT molecular complexity index is 890. The highest BCUT2D eigenvalue weighted by atomic mass is 16.3. The maximum atomic E-state index is 12.7. The summed E-state index contributed by atoms with van der Waals surface area (Å²) in [5.74, 6) is 0.275. The van der Waals surface area contributed by atoms with Gasteiger partial charge in [0.25, 0.3) is 0 Å². The molecule has 1 N–H and O–H groups in total. The summed E-state index contributed by atoms with van der Waals surface area (Å²) in [5.41, 5.74) is 3.30. The molecule has 0 saturated heterocycles. The normalized spacial score (nSPS) is 11.0. The van der Waals surface area contributed by atoms with Crippen LogP contribution in [-0.4, -0.2) is 15.5 Å². The predicted molar refractivity (Wildman–Crippen MR) is 96.2 cm³/mol. The summed E-state index contributed by atoms with van der Waals surface area (Å²) in [4.78, 5) is 12.7. The summed E-state index contributed by atoms with van der Waals surface area (Å²) in [6.45, 7) is 2.54. The minimum absolute atomic E-state index is 0.0313. The number of carbonyl (C=O) groups excluding carboxylic acids is 1. The fourth-order valence-electron chi connectivity index (χ4n) is 2.68. The number of benzene rings is 2. The summed E-state index contributed by atoms with van der Waals surface area (Å²) in [7, 11) is 0. The van der Waals surface area contributed by atoms with Crippen molar-refractivity contribution in [2.24, 2.45) is 0 Å². The van der Waals surface area contributed by atoms with Gasteiger partial charge in [-0.2, -0.15) is 0 Å². The zero-order chi connectivity index (χ0) is 16.9. The average Bonchev–Trinajstić information content (AvgIpc) is 3.03. The third-order valence-corrected chi connectivity index (χ3v) is 3.93. The molecule has 24 heavy (non-hydrogen) atoms. The van der Waals surface area contributed by atoms with E-state index in [-0.39, 0.29) is 11.5 Å².